The van der Waals surface area contributed by atoms with Gasteiger partial charge in [-0.25, -0.2) is 14.6 Å². The fraction of sp³-hybridized carbons (Fsp3) is 0.133. The molecule has 0 aliphatic carbocycles. The highest BCUT2D eigenvalue weighted by Crippen LogP contribution is 2.28. The van der Waals surface area contributed by atoms with Crippen LogP contribution in [0.2, 0.25) is 0 Å². The monoisotopic (exact) mass is 370 g/mol. The lowest BCUT2D eigenvalue weighted by Crippen LogP contribution is -2.15. The maximum Gasteiger partial charge on any atom is 0.357 e. The maximum atomic E-state index is 11.6. The highest BCUT2D eigenvalue weighted by molar-refractivity contribution is 5.66. The standard InChI is InChI=1S/C15H14N8O4/c1-9-7-10(2)21(20-9)15-13(23(26)27)14(16-8-17-15)19-18-11-3-5-12(6-4-11)22(24)25/h3-8,18H,1-2H3,(H,16,17,19). The number of rotatable bonds is 6. The third kappa shape index (κ3) is 3.63. The van der Waals surface area contributed by atoms with Gasteiger partial charge in [0.15, 0.2) is 0 Å². The molecule has 27 heavy (non-hydrogen) atoms. The van der Waals surface area contributed by atoms with Crippen LogP contribution in [0.1, 0.15) is 11.4 Å². The van der Waals surface area contributed by atoms with Crippen LogP contribution >= 0.6 is 0 Å². The number of hydrazine groups is 1. The van der Waals surface area contributed by atoms with Crippen molar-refractivity contribution in [2.45, 2.75) is 13.8 Å². The van der Waals surface area contributed by atoms with Gasteiger partial charge in [-0.15, -0.1) is 0 Å². The van der Waals surface area contributed by atoms with Crippen molar-refractivity contribution < 1.29 is 9.85 Å². The molecule has 0 atom stereocenters. The lowest BCUT2D eigenvalue weighted by Gasteiger charge is -2.11. The molecule has 0 bridgehead atoms. The van der Waals surface area contributed by atoms with Crippen molar-refractivity contribution in [2.24, 2.45) is 0 Å². The van der Waals surface area contributed by atoms with Crippen LogP contribution in [0.15, 0.2) is 36.7 Å². The molecule has 12 heteroatoms. The maximum absolute atomic E-state index is 11.6. The van der Waals surface area contributed by atoms with E-state index in [0.717, 1.165) is 0 Å². The number of aryl methyl sites for hydroxylation is 2. The van der Waals surface area contributed by atoms with Gasteiger partial charge in [-0.1, -0.05) is 0 Å². The van der Waals surface area contributed by atoms with Crippen molar-refractivity contribution in [2.75, 3.05) is 10.9 Å². The largest absolute Gasteiger partial charge is 0.357 e. The zero-order chi connectivity index (χ0) is 19.6. The first-order valence-corrected chi connectivity index (χ1v) is 7.66. The number of benzene rings is 1. The third-order valence-corrected chi connectivity index (χ3v) is 3.60. The molecular formula is C15H14N8O4. The Morgan fingerprint density at radius 2 is 1.70 bits per heavy atom. The second-order valence-electron chi connectivity index (χ2n) is 5.54. The van der Waals surface area contributed by atoms with Crippen molar-refractivity contribution in [1.82, 2.24) is 19.7 Å². The van der Waals surface area contributed by atoms with E-state index in [9.17, 15) is 20.2 Å². The SMILES string of the molecule is Cc1cc(C)n(-c2ncnc(NNc3ccc([N+](=O)[O-])cc3)c2[N+](=O)[O-])n1. The Hall–Kier alpha value is -4.09. The molecule has 0 spiro atoms. The van der Waals surface area contributed by atoms with Gasteiger partial charge in [-0.2, -0.15) is 5.10 Å². The number of nitrogens with zero attached hydrogens (tertiary/aromatic N) is 6. The number of nitrogens with one attached hydrogen (secondary N) is 2. The minimum absolute atomic E-state index is 0.0219. The quantitative estimate of drug-likeness (QED) is 0.492. The number of hydrogen-bond acceptors (Lipinski definition) is 9. The van der Waals surface area contributed by atoms with E-state index in [1.807, 2.05) is 0 Å². The molecule has 0 saturated heterocycles. The van der Waals surface area contributed by atoms with E-state index in [2.05, 4.69) is 25.9 Å². The molecule has 0 amide bonds. The van der Waals surface area contributed by atoms with Crippen LogP contribution in [-0.4, -0.2) is 29.6 Å². The molecule has 0 aliphatic rings. The normalized spacial score (nSPS) is 10.4. The average molecular weight is 370 g/mol. The van der Waals surface area contributed by atoms with Gasteiger partial charge >= 0.3 is 5.69 Å². The first-order chi connectivity index (χ1) is 12.9. The Balaban J connectivity index is 1.91. The van der Waals surface area contributed by atoms with E-state index in [1.165, 1.54) is 35.3 Å². The summed E-state index contributed by atoms with van der Waals surface area (Å²) < 4.78 is 1.37. The second kappa shape index (κ2) is 7.03. The molecule has 3 aromatic rings. The molecule has 0 radical (unpaired) electrons. The Bertz CT molecular complexity index is 1020. The topological polar surface area (TPSA) is 154 Å². The van der Waals surface area contributed by atoms with Crippen LogP contribution < -0.4 is 10.9 Å². The molecule has 1 aromatic carbocycles. The molecule has 138 valence electrons. The first-order valence-electron chi connectivity index (χ1n) is 7.66. The molecule has 2 aromatic heterocycles. The zero-order valence-electron chi connectivity index (χ0n) is 14.3. The predicted octanol–water partition coefficient (Wildman–Crippen LogP) is 2.53. The van der Waals surface area contributed by atoms with E-state index in [0.29, 0.717) is 17.1 Å². The van der Waals surface area contributed by atoms with Crippen LogP contribution in [0.25, 0.3) is 5.82 Å². The van der Waals surface area contributed by atoms with Gasteiger partial charge in [0.25, 0.3) is 5.69 Å². The Morgan fingerprint density at radius 1 is 1.00 bits per heavy atom. The molecule has 0 unspecified atom stereocenters. The van der Waals surface area contributed by atoms with E-state index in [4.69, 9.17) is 0 Å². The lowest BCUT2D eigenvalue weighted by atomic mass is 10.3. The number of anilines is 2. The molecular weight excluding hydrogens is 356 g/mol. The smallest absolute Gasteiger partial charge is 0.299 e. The van der Waals surface area contributed by atoms with E-state index in [1.54, 1.807) is 19.9 Å². The highest BCUT2D eigenvalue weighted by Gasteiger charge is 2.26. The van der Waals surface area contributed by atoms with Gasteiger partial charge in [0.2, 0.25) is 11.6 Å². The van der Waals surface area contributed by atoms with Gasteiger partial charge < -0.3 is 0 Å². The number of nitro benzene ring substituents is 1. The molecule has 2 N–H and O–H groups in total. The summed E-state index contributed by atoms with van der Waals surface area (Å²) in [5.74, 6) is -0.0514. The first kappa shape index (κ1) is 17.7. The van der Waals surface area contributed by atoms with Gasteiger partial charge in [-0.3, -0.25) is 31.1 Å². The Morgan fingerprint density at radius 3 is 2.26 bits per heavy atom. The van der Waals surface area contributed by atoms with Crippen LogP contribution in [-0.2, 0) is 0 Å². The molecule has 12 nitrogen and oxygen atoms in total. The minimum Gasteiger partial charge on any atom is -0.299 e. The third-order valence-electron chi connectivity index (χ3n) is 3.60. The number of aromatic nitrogens is 4. The summed E-state index contributed by atoms with van der Waals surface area (Å²) in [5, 5.41) is 26.5. The summed E-state index contributed by atoms with van der Waals surface area (Å²) in [6, 6.07) is 7.30. The number of hydrogen-bond donors (Lipinski definition) is 2. The molecule has 2 heterocycles. The van der Waals surface area contributed by atoms with E-state index >= 15 is 0 Å². The predicted molar refractivity (Wildman–Crippen MR) is 95.6 cm³/mol. The fourth-order valence-corrected chi connectivity index (χ4v) is 2.43. The van der Waals surface area contributed by atoms with Crippen LogP contribution in [0, 0.1) is 34.1 Å². The lowest BCUT2D eigenvalue weighted by molar-refractivity contribution is -0.384. The van der Waals surface area contributed by atoms with Gasteiger partial charge in [0.05, 0.1) is 21.2 Å². The summed E-state index contributed by atoms with van der Waals surface area (Å²) in [6.07, 6.45) is 1.18. The average Bonchev–Trinajstić information content (AvgIpc) is 2.97. The van der Waals surface area contributed by atoms with Gasteiger partial charge in [-0.05, 0) is 32.0 Å². The van der Waals surface area contributed by atoms with Crippen LogP contribution in [0.3, 0.4) is 0 Å². The molecule has 3 rings (SSSR count). The van der Waals surface area contributed by atoms with Crippen molar-refractivity contribution in [3.8, 4) is 5.82 Å². The minimum atomic E-state index is -0.606. The summed E-state index contributed by atoms with van der Waals surface area (Å²) in [7, 11) is 0. The van der Waals surface area contributed by atoms with Gasteiger partial charge in [0.1, 0.15) is 6.33 Å². The summed E-state index contributed by atoms with van der Waals surface area (Å²) in [5.41, 5.74) is 6.77. The summed E-state index contributed by atoms with van der Waals surface area (Å²) in [6.45, 7) is 3.53. The Kier molecular flexibility index (Phi) is 4.62. The number of non-ortho nitro benzene ring substituents is 1. The molecule has 0 aliphatic heterocycles. The van der Waals surface area contributed by atoms with Crippen molar-refractivity contribution in [3.05, 3.63) is 68.3 Å². The van der Waals surface area contributed by atoms with Gasteiger partial charge in [0, 0.05) is 17.8 Å². The summed E-state index contributed by atoms with van der Waals surface area (Å²) >= 11 is 0. The van der Waals surface area contributed by atoms with E-state index in [-0.39, 0.29) is 23.0 Å². The number of nitro groups is 2. The van der Waals surface area contributed by atoms with Crippen molar-refractivity contribution >= 4 is 22.9 Å². The second-order valence-corrected chi connectivity index (χ2v) is 5.54. The Labute approximate surface area is 152 Å². The highest BCUT2D eigenvalue weighted by atomic mass is 16.6. The molecule has 0 fully saturated rings. The fourth-order valence-electron chi connectivity index (χ4n) is 2.43. The zero-order valence-corrected chi connectivity index (χ0v) is 14.3. The van der Waals surface area contributed by atoms with Crippen molar-refractivity contribution in [1.29, 1.82) is 0 Å². The van der Waals surface area contributed by atoms with Crippen LogP contribution in [0.5, 0.6) is 0 Å². The summed E-state index contributed by atoms with van der Waals surface area (Å²) in [4.78, 5) is 29.1. The molecule has 0 saturated carbocycles. The van der Waals surface area contributed by atoms with Crippen molar-refractivity contribution in [3.63, 3.8) is 0 Å². The van der Waals surface area contributed by atoms with Crippen LogP contribution in [0.4, 0.5) is 22.9 Å². The van der Waals surface area contributed by atoms with E-state index < -0.39 is 9.85 Å².